The quantitative estimate of drug-likeness (QED) is 0.226. The zero-order chi connectivity index (χ0) is 27.0. The molecule has 0 unspecified atom stereocenters. The summed E-state index contributed by atoms with van der Waals surface area (Å²) in [6, 6.07) is 17.1. The minimum absolute atomic E-state index is 0.0480. The fourth-order valence-electron chi connectivity index (χ4n) is 3.61. The highest BCUT2D eigenvalue weighted by molar-refractivity contribution is 9.10. The number of carbonyl (C=O) groups is 1. The lowest BCUT2D eigenvalue weighted by Crippen LogP contribution is -2.34. The first kappa shape index (κ1) is 29.3. The van der Waals surface area contributed by atoms with E-state index in [9.17, 15) is 13.2 Å². The second kappa shape index (κ2) is 13.5. The van der Waals surface area contributed by atoms with Crippen molar-refractivity contribution in [2.45, 2.75) is 38.0 Å². The van der Waals surface area contributed by atoms with E-state index in [1.165, 1.54) is 17.0 Å². The molecule has 0 atom stereocenters. The molecule has 0 bridgehead atoms. The first-order valence-corrected chi connectivity index (χ1v) is 15.0. The SMILES string of the molecule is CCCCc1ccc(NS(=O)(=O)c2cc(C(=O)N(CC)CCOc3ccc(Br)cc3)c(Cl)cc2Cl)cc1. The van der Waals surface area contributed by atoms with Crippen LogP contribution in [-0.4, -0.2) is 38.9 Å². The monoisotopic (exact) mass is 626 g/mol. The van der Waals surface area contributed by atoms with E-state index in [-0.39, 0.29) is 33.7 Å². The smallest absolute Gasteiger partial charge is 0.263 e. The third-order valence-corrected chi connectivity index (χ3v) is 8.37. The lowest BCUT2D eigenvalue weighted by atomic mass is 10.1. The summed E-state index contributed by atoms with van der Waals surface area (Å²) in [4.78, 5) is 14.6. The first-order valence-electron chi connectivity index (χ1n) is 11.9. The van der Waals surface area contributed by atoms with Crippen LogP contribution in [0.15, 0.2) is 70.0 Å². The fraction of sp³-hybridized carbons (Fsp3) is 0.296. The van der Waals surface area contributed by atoms with Crippen LogP contribution in [0, 0.1) is 0 Å². The molecule has 0 aromatic heterocycles. The molecule has 0 aliphatic carbocycles. The number of hydrogen-bond acceptors (Lipinski definition) is 4. The van der Waals surface area contributed by atoms with Crippen LogP contribution in [0.3, 0.4) is 0 Å². The molecule has 0 fully saturated rings. The third kappa shape index (κ3) is 8.11. The highest BCUT2D eigenvalue weighted by Crippen LogP contribution is 2.31. The van der Waals surface area contributed by atoms with E-state index in [1.807, 2.05) is 43.3 Å². The molecular weight excluding hydrogens is 599 g/mol. The molecule has 0 aliphatic heterocycles. The summed E-state index contributed by atoms with van der Waals surface area (Å²) in [6.45, 7) is 4.87. The van der Waals surface area contributed by atoms with Gasteiger partial charge in [0.15, 0.2) is 0 Å². The Hall–Kier alpha value is -2.26. The second-order valence-corrected chi connectivity index (χ2v) is 11.7. The summed E-state index contributed by atoms with van der Waals surface area (Å²) in [5, 5.41) is -0.00302. The minimum atomic E-state index is -4.08. The molecule has 1 N–H and O–H groups in total. The fourth-order valence-corrected chi connectivity index (χ4v) is 5.79. The molecule has 198 valence electrons. The Morgan fingerprint density at radius 3 is 2.30 bits per heavy atom. The van der Waals surface area contributed by atoms with Gasteiger partial charge in [0, 0.05) is 16.7 Å². The van der Waals surface area contributed by atoms with Crippen molar-refractivity contribution in [3.8, 4) is 5.75 Å². The number of nitrogens with zero attached hydrogens (tertiary/aromatic N) is 1. The van der Waals surface area contributed by atoms with Crippen molar-refractivity contribution in [1.29, 1.82) is 0 Å². The van der Waals surface area contributed by atoms with Gasteiger partial charge in [0.05, 0.1) is 22.2 Å². The van der Waals surface area contributed by atoms with Crippen LogP contribution >= 0.6 is 39.1 Å². The molecule has 3 aromatic carbocycles. The topological polar surface area (TPSA) is 75.7 Å². The number of rotatable bonds is 12. The van der Waals surface area contributed by atoms with E-state index in [2.05, 4.69) is 27.6 Å². The second-order valence-electron chi connectivity index (χ2n) is 8.36. The van der Waals surface area contributed by atoms with Gasteiger partial charge in [-0.1, -0.05) is 64.6 Å². The van der Waals surface area contributed by atoms with E-state index >= 15 is 0 Å². The number of benzene rings is 3. The molecule has 0 spiro atoms. The van der Waals surface area contributed by atoms with E-state index in [0.717, 1.165) is 29.3 Å². The number of amides is 1. The van der Waals surface area contributed by atoms with Crippen molar-refractivity contribution in [3.05, 3.63) is 86.3 Å². The van der Waals surface area contributed by atoms with Gasteiger partial charge < -0.3 is 9.64 Å². The third-order valence-electron chi connectivity index (χ3n) is 5.68. The average molecular weight is 628 g/mol. The number of aryl methyl sites for hydroxylation is 1. The summed E-state index contributed by atoms with van der Waals surface area (Å²) in [7, 11) is -4.08. The summed E-state index contributed by atoms with van der Waals surface area (Å²) < 4.78 is 35.5. The molecule has 0 saturated heterocycles. The predicted molar refractivity (Wildman–Crippen MR) is 154 cm³/mol. The first-order chi connectivity index (χ1) is 17.6. The number of halogens is 3. The Bertz CT molecular complexity index is 1320. The van der Waals surface area contributed by atoms with Crippen molar-refractivity contribution in [3.63, 3.8) is 0 Å². The van der Waals surface area contributed by atoms with E-state index in [4.69, 9.17) is 27.9 Å². The van der Waals surface area contributed by atoms with Gasteiger partial charge in [-0.2, -0.15) is 0 Å². The van der Waals surface area contributed by atoms with Crippen molar-refractivity contribution >= 4 is 60.7 Å². The van der Waals surface area contributed by atoms with Crippen LogP contribution < -0.4 is 9.46 Å². The van der Waals surface area contributed by atoms with Crippen LogP contribution in [0.1, 0.15) is 42.6 Å². The van der Waals surface area contributed by atoms with Gasteiger partial charge in [-0.25, -0.2) is 8.42 Å². The molecule has 6 nitrogen and oxygen atoms in total. The zero-order valence-corrected chi connectivity index (χ0v) is 24.6. The Kier molecular flexibility index (Phi) is 10.7. The van der Waals surface area contributed by atoms with E-state index in [0.29, 0.717) is 18.0 Å². The number of anilines is 1. The predicted octanol–water partition coefficient (Wildman–Crippen LogP) is 7.44. The molecule has 0 aliphatic rings. The lowest BCUT2D eigenvalue weighted by Gasteiger charge is -2.22. The maximum Gasteiger partial charge on any atom is 0.263 e. The molecule has 3 aromatic rings. The van der Waals surface area contributed by atoms with Gasteiger partial charge in [-0.15, -0.1) is 0 Å². The molecule has 10 heteroatoms. The zero-order valence-electron chi connectivity index (χ0n) is 20.6. The number of likely N-dealkylation sites (N-methyl/N-ethyl adjacent to an activating group) is 1. The molecule has 3 rings (SSSR count). The van der Waals surface area contributed by atoms with Gasteiger partial charge in [0.2, 0.25) is 0 Å². The molecule has 37 heavy (non-hydrogen) atoms. The van der Waals surface area contributed by atoms with Crippen molar-refractivity contribution in [2.75, 3.05) is 24.4 Å². The largest absolute Gasteiger partial charge is 0.492 e. The maximum absolute atomic E-state index is 13.3. The van der Waals surface area contributed by atoms with Crippen LogP contribution in [-0.2, 0) is 16.4 Å². The number of unbranched alkanes of at least 4 members (excludes halogenated alkanes) is 1. The lowest BCUT2D eigenvalue weighted by molar-refractivity contribution is 0.0739. The molecule has 0 saturated carbocycles. The molecule has 1 amide bonds. The number of ether oxygens (including phenoxy) is 1. The Balaban J connectivity index is 1.76. The normalized spacial score (nSPS) is 11.3. The molecular formula is C27H29BrCl2N2O4S. The highest BCUT2D eigenvalue weighted by atomic mass is 79.9. The molecule has 0 radical (unpaired) electrons. The van der Waals surface area contributed by atoms with Gasteiger partial charge in [-0.05, 0) is 73.9 Å². The number of sulfonamides is 1. The highest BCUT2D eigenvalue weighted by Gasteiger charge is 2.25. The minimum Gasteiger partial charge on any atom is -0.492 e. The Morgan fingerprint density at radius 1 is 1.00 bits per heavy atom. The average Bonchev–Trinajstić information content (AvgIpc) is 2.86. The van der Waals surface area contributed by atoms with Gasteiger partial charge in [-0.3, -0.25) is 9.52 Å². The van der Waals surface area contributed by atoms with Crippen LogP contribution in [0.4, 0.5) is 5.69 Å². The summed E-state index contributed by atoms with van der Waals surface area (Å²) in [5.74, 6) is 0.259. The van der Waals surface area contributed by atoms with Gasteiger partial charge in [0.1, 0.15) is 17.3 Å². The van der Waals surface area contributed by atoms with Gasteiger partial charge in [0.25, 0.3) is 15.9 Å². The van der Waals surface area contributed by atoms with E-state index in [1.54, 1.807) is 12.1 Å². The van der Waals surface area contributed by atoms with Crippen molar-refractivity contribution in [1.82, 2.24) is 4.90 Å². The number of carbonyl (C=O) groups excluding carboxylic acids is 1. The van der Waals surface area contributed by atoms with Crippen LogP contribution in [0.2, 0.25) is 10.0 Å². The van der Waals surface area contributed by atoms with Gasteiger partial charge >= 0.3 is 0 Å². The molecule has 0 heterocycles. The Labute approximate surface area is 237 Å². The Morgan fingerprint density at radius 2 is 1.68 bits per heavy atom. The standard InChI is InChI=1S/C27H29BrCl2N2O4S/c1-3-5-6-19-7-11-21(12-8-19)31-37(34,35)26-17-23(24(29)18-25(26)30)27(33)32(4-2)15-16-36-22-13-9-20(28)10-14-22/h7-14,17-18,31H,3-6,15-16H2,1-2H3. The number of hydrogen-bond donors (Lipinski definition) is 1. The summed E-state index contributed by atoms with van der Waals surface area (Å²) in [5.41, 5.74) is 1.58. The summed E-state index contributed by atoms with van der Waals surface area (Å²) in [6.07, 6.45) is 3.08. The van der Waals surface area contributed by atoms with E-state index < -0.39 is 15.9 Å². The van der Waals surface area contributed by atoms with Crippen LogP contribution in [0.5, 0.6) is 5.75 Å². The van der Waals surface area contributed by atoms with Crippen molar-refractivity contribution < 1.29 is 17.9 Å². The summed E-state index contributed by atoms with van der Waals surface area (Å²) >= 11 is 16.0. The maximum atomic E-state index is 13.3. The number of nitrogens with one attached hydrogen (secondary N) is 1. The van der Waals surface area contributed by atoms with Crippen molar-refractivity contribution in [2.24, 2.45) is 0 Å². The van der Waals surface area contributed by atoms with Crippen LogP contribution in [0.25, 0.3) is 0 Å².